The molecule has 3 nitrogen and oxygen atoms in total. The second-order valence-corrected chi connectivity index (χ2v) is 4.70. The summed E-state index contributed by atoms with van der Waals surface area (Å²) in [5.41, 5.74) is 0. The van der Waals surface area contributed by atoms with Gasteiger partial charge in [0, 0.05) is 25.9 Å². The van der Waals surface area contributed by atoms with Crippen LogP contribution < -0.4 is 0 Å². The smallest absolute Gasteiger partial charge is 0.219 e. The third-order valence-electron chi connectivity index (χ3n) is 2.94. The van der Waals surface area contributed by atoms with Crippen LogP contribution in [0.1, 0.15) is 31.4 Å². The minimum Gasteiger partial charge on any atom is -0.454 e. The average Bonchev–Trinajstić information content (AvgIpc) is 2.65. The molecule has 0 unspecified atom stereocenters. The predicted octanol–water partition coefficient (Wildman–Crippen LogP) is 2.77. The highest BCUT2D eigenvalue weighted by Gasteiger charge is 2.23. The van der Waals surface area contributed by atoms with Crippen LogP contribution in [0.2, 0.25) is 0 Å². The lowest BCUT2D eigenvalue weighted by atomic mass is 9.94. The first-order valence-corrected chi connectivity index (χ1v) is 5.97. The first-order chi connectivity index (χ1) is 7.16. The van der Waals surface area contributed by atoms with Gasteiger partial charge in [-0.1, -0.05) is 0 Å². The summed E-state index contributed by atoms with van der Waals surface area (Å²) in [6.45, 7) is 3.32. The molecule has 2 rings (SSSR count). The van der Waals surface area contributed by atoms with Gasteiger partial charge in [0.15, 0.2) is 4.67 Å². The summed E-state index contributed by atoms with van der Waals surface area (Å²) < 4.78 is 6.32. The number of carbonyl (C=O) groups excluding carboxylic acids is 1. The zero-order valence-corrected chi connectivity index (χ0v) is 10.3. The van der Waals surface area contributed by atoms with Crippen molar-refractivity contribution in [1.82, 2.24) is 4.90 Å². The van der Waals surface area contributed by atoms with E-state index in [1.807, 2.05) is 17.0 Å². The molecule has 0 bridgehead atoms. The summed E-state index contributed by atoms with van der Waals surface area (Å²) in [7, 11) is 0. The highest BCUT2D eigenvalue weighted by molar-refractivity contribution is 9.10. The van der Waals surface area contributed by atoms with Gasteiger partial charge in [0.25, 0.3) is 0 Å². The van der Waals surface area contributed by atoms with Crippen LogP contribution in [0.25, 0.3) is 0 Å². The van der Waals surface area contributed by atoms with E-state index < -0.39 is 0 Å². The van der Waals surface area contributed by atoms with Gasteiger partial charge in [-0.25, -0.2) is 0 Å². The summed E-state index contributed by atoms with van der Waals surface area (Å²) in [5.74, 6) is 1.67. The Morgan fingerprint density at radius 3 is 2.60 bits per heavy atom. The molecule has 0 radical (unpaired) electrons. The van der Waals surface area contributed by atoms with E-state index in [0.717, 1.165) is 36.4 Å². The Bertz CT molecular complexity index is 353. The summed E-state index contributed by atoms with van der Waals surface area (Å²) >= 11 is 3.30. The first kappa shape index (κ1) is 10.7. The SMILES string of the molecule is CC(=O)N1CCC(c2ccc(Br)o2)CC1. The molecule has 0 N–H and O–H groups in total. The predicted molar refractivity (Wildman–Crippen MR) is 60.6 cm³/mol. The largest absolute Gasteiger partial charge is 0.454 e. The molecule has 2 heterocycles. The lowest BCUT2D eigenvalue weighted by Gasteiger charge is -2.30. The standard InChI is InChI=1S/C11H14BrNO2/c1-8(14)13-6-4-9(5-7-13)10-2-3-11(12)15-10/h2-3,9H,4-7H2,1H3. The van der Waals surface area contributed by atoms with E-state index in [1.165, 1.54) is 0 Å². The molecule has 15 heavy (non-hydrogen) atoms. The van der Waals surface area contributed by atoms with E-state index in [4.69, 9.17) is 4.42 Å². The summed E-state index contributed by atoms with van der Waals surface area (Å²) in [6, 6.07) is 3.94. The van der Waals surface area contributed by atoms with Crippen molar-refractivity contribution in [2.24, 2.45) is 0 Å². The monoisotopic (exact) mass is 271 g/mol. The van der Waals surface area contributed by atoms with Crippen LogP contribution in [0.4, 0.5) is 0 Å². The van der Waals surface area contributed by atoms with Crippen LogP contribution in [-0.4, -0.2) is 23.9 Å². The van der Waals surface area contributed by atoms with E-state index in [9.17, 15) is 4.79 Å². The molecule has 82 valence electrons. The van der Waals surface area contributed by atoms with Gasteiger partial charge in [-0.3, -0.25) is 4.79 Å². The molecule has 4 heteroatoms. The second-order valence-electron chi connectivity index (χ2n) is 3.92. The number of likely N-dealkylation sites (tertiary alicyclic amines) is 1. The van der Waals surface area contributed by atoms with E-state index >= 15 is 0 Å². The minimum absolute atomic E-state index is 0.175. The number of piperidine rings is 1. The molecular weight excluding hydrogens is 258 g/mol. The fraction of sp³-hybridized carbons (Fsp3) is 0.545. The number of amides is 1. The molecule has 0 aromatic carbocycles. The minimum atomic E-state index is 0.175. The highest BCUT2D eigenvalue weighted by Crippen LogP contribution is 2.30. The van der Waals surface area contributed by atoms with Gasteiger partial charge in [-0.05, 0) is 40.9 Å². The van der Waals surface area contributed by atoms with Crippen LogP contribution in [0, 0.1) is 0 Å². The molecule has 1 aliphatic rings. The molecule has 0 aliphatic carbocycles. The lowest BCUT2D eigenvalue weighted by molar-refractivity contribution is -0.129. The van der Waals surface area contributed by atoms with Gasteiger partial charge in [0.05, 0.1) is 0 Å². The number of hydrogen-bond donors (Lipinski definition) is 0. The summed E-state index contributed by atoms with van der Waals surface area (Å²) in [4.78, 5) is 13.0. The van der Waals surface area contributed by atoms with Crippen molar-refractivity contribution >= 4 is 21.8 Å². The summed E-state index contributed by atoms with van der Waals surface area (Å²) in [5, 5.41) is 0. The van der Waals surface area contributed by atoms with Gasteiger partial charge >= 0.3 is 0 Å². The Hall–Kier alpha value is -0.770. The molecule has 1 aromatic rings. The maximum atomic E-state index is 11.1. The van der Waals surface area contributed by atoms with Gasteiger partial charge in [-0.2, -0.15) is 0 Å². The molecule has 0 atom stereocenters. The third-order valence-corrected chi connectivity index (χ3v) is 3.36. The number of rotatable bonds is 1. The Morgan fingerprint density at radius 2 is 2.13 bits per heavy atom. The molecule has 0 spiro atoms. The molecule has 1 aliphatic heterocycles. The first-order valence-electron chi connectivity index (χ1n) is 5.17. The summed E-state index contributed by atoms with van der Waals surface area (Å²) in [6.07, 6.45) is 2.00. The highest BCUT2D eigenvalue weighted by atomic mass is 79.9. The number of carbonyl (C=O) groups is 1. The normalized spacial score (nSPS) is 18.1. The average molecular weight is 272 g/mol. The zero-order chi connectivity index (χ0) is 10.8. The molecule has 0 saturated carbocycles. The van der Waals surface area contributed by atoms with Gasteiger partial charge in [-0.15, -0.1) is 0 Å². The van der Waals surface area contributed by atoms with Crippen LogP contribution in [-0.2, 0) is 4.79 Å². The second kappa shape index (κ2) is 4.39. The Labute approximate surface area is 97.6 Å². The lowest BCUT2D eigenvalue weighted by Crippen LogP contribution is -2.36. The van der Waals surface area contributed by atoms with E-state index in [-0.39, 0.29) is 5.91 Å². The number of nitrogens with zero attached hydrogens (tertiary/aromatic N) is 1. The van der Waals surface area contributed by atoms with Crippen LogP contribution in [0.3, 0.4) is 0 Å². The van der Waals surface area contributed by atoms with Gasteiger partial charge in [0.1, 0.15) is 5.76 Å². The van der Waals surface area contributed by atoms with E-state index in [1.54, 1.807) is 6.92 Å². The molecule has 1 aromatic heterocycles. The van der Waals surface area contributed by atoms with Gasteiger partial charge < -0.3 is 9.32 Å². The van der Waals surface area contributed by atoms with Crippen molar-refractivity contribution in [2.45, 2.75) is 25.7 Å². The van der Waals surface area contributed by atoms with Crippen molar-refractivity contribution in [2.75, 3.05) is 13.1 Å². The maximum Gasteiger partial charge on any atom is 0.219 e. The van der Waals surface area contributed by atoms with Crippen molar-refractivity contribution in [1.29, 1.82) is 0 Å². The van der Waals surface area contributed by atoms with Crippen molar-refractivity contribution < 1.29 is 9.21 Å². The number of hydrogen-bond acceptors (Lipinski definition) is 2. The quantitative estimate of drug-likeness (QED) is 0.787. The topological polar surface area (TPSA) is 33.5 Å². The fourth-order valence-corrected chi connectivity index (χ4v) is 2.35. The fourth-order valence-electron chi connectivity index (χ4n) is 2.03. The van der Waals surface area contributed by atoms with Crippen molar-refractivity contribution in [3.05, 3.63) is 22.6 Å². The Kier molecular flexibility index (Phi) is 3.14. The number of furan rings is 1. The van der Waals surface area contributed by atoms with E-state index in [2.05, 4.69) is 15.9 Å². The molecule has 1 amide bonds. The molecule has 1 fully saturated rings. The van der Waals surface area contributed by atoms with Crippen LogP contribution in [0.15, 0.2) is 21.2 Å². The molecule has 1 saturated heterocycles. The Morgan fingerprint density at radius 1 is 1.47 bits per heavy atom. The third kappa shape index (κ3) is 2.43. The van der Waals surface area contributed by atoms with Crippen LogP contribution in [0.5, 0.6) is 0 Å². The van der Waals surface area contributed by atoms with Crippen molar-refractivity contribution in [3.63, 3.8) is 0 Å². The van der Waals surface area contributed by atoms with E-state index in [0.29, 0.717) is 5.92 Å². The van der Waals surface area contributed by atoms with Crippen molar-refractivity contribution in [3.8, 4) is 0 Å². The van der Waals surface area contributed by atoms with Crippen LogP contribution >= 0.6 is 15.9 Å². The molecular formula is C11H14BrNO2. The number of halogens is 1. The maximum absolute atomic E-state index is 11.1. The Balaban J connectivity index is 1.96. The van der Waals surface area contributed by atoms with Gasteiger partial charge in [0.2, 0.25) is 5.91 Å². The zero-order valence-electron chi connectivity index (χ0n) is 8.70.